The van der Waals surface area contributed by atoms with Crippen LogP contribution in [-0.2, 0) is 0 Å². The van der Waals surface area contributed by atoms with Gasteiger partial charge < -0.3 is 9.73 Å². The molecule has 0 unspecified atom stereocenters. The zero-order valence-electron chi connectivity index (χ0n) is 16.5. The van der Waals surface area contributed by atoms with Gasteiger partial charge in [-0.1, -0.05) is 58.5 Å². The van der Waals surface area contributed by atoms with E-state index in [1.807, 2.05) is 24.3 Å². The third-order valence-corrected chi connectivity index (χ3v) is 7.30. The Morgan fingerprint density at radius 1 is 0.848 bits per heavy atom. The van der Waals surface area contributed by atoms with Gasteiger partial charge in [0.15, 0.2) is 5.76 Å². The predicted octanol–water partition coefficient (Wildman–Crippen LogP) is 9.09. The van der Waals surface area contributed by atoms with Gasteiger partial charge in [0.2, 0.25) is 0 Å². The van der Waals surface area contributed by atoms with E-state index in [2.05, 4.69) is 10.3 Å². The van der Waals surface area contributed by atoms with Gasteiger partial charge in [-0.3, -0.25) is 4.79 Å². The quantitative estimate of drug-likeness (QED) is 0.250. The first-order valence-electron chi connectivity index (χ1n) is 9.60. The Labute approximate surface area is 212 Å². The first-order valence-corrected chi connectivity index (χ1v) is 11.9. The van der Waals surface area contributed by atoms with Crippen molar-refractivity contribution < 1.29 is 9.21 Å². The summed E-state index contributed by atoms with van der Waals surface area (Å²) in [6.45, 7) is 0. The molecule has 0 aliphatic rings. The monoisotopic (exact) mass is 532 g/mol. The average Bonchev–Trinajstić information content (AvgIpc) is 3.45. The van der Waals surface area contributed by atoms with Crippen molar-refractivity contribution in [3.63, 3.8) is 0 Å². The molecule has 3 aromatic carbocycles. The lowest BCUT2D eigenvalue weighted by Crippen LogP contribution is -2.11. The molecular weight excluding hydrogens is 522 g/mol. The second kappa shape index (κ2) is 9.01. The number of nitrogens with one attached hydrogen (secondary N) is 1. The van der Waals surface area contributed by atoms with Crippen molar-refractivity contribution in [1.82, 2.24) is 4.98 Å². The molecule has 1 N–H and O–H groups in total. The molecule has 0 aliphatic heterocycles. The van der Waals surface area contributed by atoms with Gasteiger partial charge in [-0.2, -0.15) is 0 Å². The van der Waals surface area contributed by atoms with Crippen LogP contribution >= 0.6 is 57.7 Å². The third-order valence-electron chi connectivity index (χ3n) is 4.86. The normalized spacial score (nSPS) is 11.2. The van der Waals surface area contributed by atoms with E-state index < -0.39 is 5.91 Å². The minimum atomic E-state index is -0.458. The van der Waals surface area contributed by atoms with Crippen LogP contribution in [0.1, 0.15) is 10.6 Å². The lowest BCUT2D eigenvalue weighted by Gasteiger charge is -2.09. The number of carbonyl (C=O) groups excluding carboxylic acids is 1. The topological polar surface area (TPSA) is 55.1 Å². The number of amides is 1. The number of anilines is 1. The number of furan rings is 1. The van der Waals surface area contributed by atoms with E-state index in [1.165, 1.54) is 11.3 Å². The second-order valence-corrected chi connectivity index (χ2v) is 9.71. The molecule has 5 aromatic rings. The number of benzene rings is 3. The molecule has 0 radical (unpaired) electrons. The highest BCUT2D eigenvalue weighted by molar-refractivity contribution is 7.21. The minimum absolute atomic E-state index is 0.114. The van der Waals surface area contributed by atoms with Crippen LogP contribution in [0.4, 0.5) is 5.69 Å². The Balaban J connectivity index is 1.43. The molecule has 5 rings (SSSR count). The molecule has 2 heterocycles. The Hall–Kier alpha value is -2.54. The van der Waals surface area contributed by atoms with Gasteiger partial charge >= 0.3 is 0 Å². The maximum absolute atomic E-state index is 12.8. The smallest absolute Gasteiger partial charge is 0.291 e. The van der Waals surface area contributed by atoms with Crippen LogP contribution in [0.2, 0.25) is 20.1 Å². The first kappa shape index (κ1) is 22.3. The van der Waals surface area contributed by atoms with E-state index >= 15 is 0 Å². The summed E-state index contributed by atoms with van der Waals surface area (Å²) in [6, 6.07) is 19.5. The Morgan fingerprint density at radius 3 is 2.45 bits per heavy atom. The molecule has 0 atom stereocenters. The molecule has 2 aromatic heterocycles. The van der Waals surface area contributed by atoms with Gasteiger partial charge in [-0.05, 0) is 54.6 Å². The summed E-state index contributed by atoms with van der Waals surface area (Å²) in [5, 5.41) is 5.09. The number of halogens is 4. The fraction of sp³-hybridized carbons (Fsp3) is 0. The summed E-state index contributed by atoms with van der Waals surface area (Å²) in [4.78, 5) is 17.5. The Kier molecular flexibility index (Phi) is 6.08. The van der Waals surface area contributed by atoms with Gasteiger partial charge in [0.25, 0.3) is 5.91 Å². The molecule has 1 amide bonds. The van der Waals surface area contributed by atoms with Crippen molar-refractivity contribution in [1.29, 1.82) is 0 Å². The number of para-hydroxylation sites is 1. The number of fused-ring (bicyclic) bond motifs is 1. The lowest BCUT2D eigenvalue weighted by molar-refractivity contribution is 0.0997. The van der Waals surface area contributed by atoms with Crippen molar-refractivity contribution in [2.45, 2.75) is 0 Å². The Bertz CT molecular complexity index is 1490. The van der Waals surface area contributed by atoms with E-state index in [9.17, 15) is 4.79 Å². The van der Waals surface area contributed by atoms with E-state index in [0.29, 0.717) is 42.7 Å². The van der Waals surface area contributed by atoms with Crippen LogP contribution in [0.25, 0.3) is 32.1 Å². The van der Waals surface area contributed by atoms with E-state index in [0.717, 1.165) is 15.2 Å². The standard InChI is InChI=1S/C24H12Cl4N2O2S/c25-14-6-5-12(9-16(14)27)20-7-8-21(32-20)23(31)29-19-10-13(15(26)11-17(19)28)24-30-18-3-1-2-4-22(18)33-24/h1-11H,(H,29,31). The van der Waals surface area contributed by atoms with E-state index in [4.69, 9.17) is 50.8 Å². The highest BCUT2D eigenvalue weighted by atomic mass is 35.5. The number of hydrogen-bond donors (Lipinski definition) is 1. The van der Waals surface area contributed by atoms with Gasteiger partial charge in [-0.15, -0.1) is 11.3 Å². The van der Waals surface area contributed by atoms with Crippen LogP contribution in [0.15, 0.2) is 71.1 Å². The van der Waals surface area contributed by atoms with E-state index in [1.54, 1.807) is 42.5 Å². The van der Waals surface area contributed by atoms with Crippen molar-refractivity contribution in [3.8, 4) is 21.9 Å². The van der Waals surface area contributed by atoms with Gasteiger partial charge in [0.05, 0.1) is 36.0 Å². The van der Waals surface area contributed by atoms with Crippen LogP contribution < -0.4 is 5.32 Å². The fourth-order valence-electron chi connectivity index (χ4n) is 3.24. The van der Waals surface area contributed by atoms with Gasteiger partial charge in [-0.25, -0.2) is 4.98 Å². The summed E-state index contributed by atoms with van der Waals surface area (Å²) in [7, 11) is 0. The number of nitrogens with zero attached hydrogens (tertiary/aromatic N) is 1. The maximum atomic E-state index is 12.8. The molecule has 0 fully saturated rings. The highest BCUT2D eigenvalue weighted by Gasteiger charge is 2.18. The largest absolute Gasteiger partial charge is 0.451 e. The number of aromatic nitrogens is 1. The minimum Gasteiger partial charge on any atom is -0.451 e. The molecular formula is C24H12Cl4N2O2S. The summed E-state index contributed by atoms with van der Waals surface area (Å²) in [5.74, 6) is 0.139. The van der Waals surface area contributed by atoms with Crippen LogP contribution in [0, 0.1) is 0 Å². The lowest BCUT2D eigenvalue weighted by atomic mass is 10.2. The Morgan fingerprint density at radius 2 is 1.67 bits per heavy atom. The second-order valence-electron chi connectivity index (χ2n) is 7.05. The first-order chi connectivity index (χ1) is 15.9. The number of carbonyl (C=O) groups is 1. The molecule has 0 bridgehead atoms. The maximum Gasteiger partial charge on any atom is 0.291 e. The third kappa shape index (κ3) is 4.47. The SMILES string of the molecule is O=C(Nc1cc(-c2nc3ccccc3s2)c(Cl)cc1Cl)c1ccc(-c2ccc(Cl)c(Cl)c2)o1. The highest BCUT2D eigenvalue weighted by Crippen LogP contribution is 2.39. The molecule has 0 spiro atoms. The predicted molar refractivity (Wildman–Crippen MR) is 137 cm³/mol. The van der Waals surface area contributed by atoms with Crippen molar-refractivity contribution >= 4 is 79.6 Å². The zero-order chi connectivity index (χ0) is 23.1. The molecule has 4 nitrogen and oxygen atoms in total. The molecule has 33 heavy (non-hydrogen) atoms. The van der Waals surface area contributed by atoms with Crippen LogP contribution in [0.3, 0.4) is 0 Å². The number of rotatable bonds is 4. The fourth-order valence-corrected chi connectivity index (χ4v) is 5.11. The average molecular weight is 534 g/mol. The van der Waals surface area contributed by atoms with Crippen molar-refractivity contribution in [2.24, 2.45) is 0 Å². The van der Waals surface area contributed by atoms with E-state index in [-0.39, 0.29) is 5.76 Å². The molecule has 0 aliphatic carbocycles. The molecule has 0 saturated carbocycles. The molecule has 9 heteroatoms. The summed E-state index contributed by atoms with van der Waals surface area (Å²) in [6.07, 6.45) is 0. The summed E-state index contributed by atoms with van der Waals surface area (Å²) < 4.78 is 6.76. The number of hydrogen-bond acceptors (Lipinski definition) is 4. The van der Waals surface area contributed by atoms with Crippen LogP contribution in [0.5, 0.6) is 0 Å². The van der Waals surface area contributed by atoms with Gasteiger partial charge in [0, 0.05) is 11.1 Å². The number of thiazole rings is 1. The van der Waals surface area contributed by atoms with Gasteiger partial charge in [0.1, 0.15) is 10.8 Å². The van der Waals surface area contributed by atoms with Crippen LogP contribution in [-0.4, -0.2) is 10.9 Å². The summed E-state index contributed by atoms with van der Waals surface area (Å²) in [5.41, 5.74) is 2.65. The van der Waals surface area contributed by atoms with Crippen molar-refractivity contribution in [3.05, 3.63) is 92.6 Å². The summed E-state index contributed by atoms with van der Waals surface area (Å²) >= 11 is 26.4. The van der Waals surface area contributed by atoms with Crippen molar-refractivity contribution in [2.75, 3.05) is 5.32 Å². The zero-order valence-corrected chi connectivity index (χ0v) is 20.4. The molecule has 164 valence electrons. The molecule has 0 saturated heterocycles.